The summed E-state index contributed by atoms with van der Waals surface area (Å²) in [5, 5.41) is 0. The van der Waals surface area contributed by atoms with Gasteiger partial charge in [-0.1, -0.05) is 12.1 Å². The highest BCUT2D eigenvalue weighted by atomic mass is 16.5. The van der Waals surface area contributed by atoms with Gasteiger partial charge in [-0.3, -0.25) is 0 Å². The summed E-state index contributed by atoms with van der Waals surface area (Å²) < 4.78 is 5.14. The average molecular weight is 268 g/mol. The average Bonchev–Trinajstić information content (AvgIpc) is 2.41. The van der Waals surface area contributed by atoms with Gasteiger partial charge in [-0.05, 0) is 23.8 Å². The molecule has 0 amide bonds. The highest BCUT2D eigenvalue weighted by molar-refractivity contribution is 5.49. The van der Waals surface area contributed by atoms with Crippen LogP contribution in [0.15, 0.2) is 42.7 Å². The Morgan fingerprint density at radius 2 is 2.05 bits per heavy atom. The molecule has 1 aliphatic heterocycles. The lowest BCUT2D eigenvalue weighted by atomic mass is 10.1. The Morgan fingerprint density at radius 3 is 2.60 bits per heavy atom. The summed E-state index contributed by atoms with van der Waals surface area (Å²) in [5.41, 5.74) is 8.10. The van der Waals surface area contributed by atoms with Crippen LogP contribution in [0.1, 0.15) is 11.1 Å². The number of benzene rings is 1. The summed E-state index contributed by atoms with van der Waals surface area (Å²) in [6.07, 6.45) is 6.50. The zero-order valence-corrected chi connectivity index (χ0v) is 11.3. The van der Waals surface area contributed by atoms with Crippen LogP contribution in [-0.2, 0) is 6.42 Å². The van der Waals surface area contributed by atoms with Crippen molar-refractivity contribution >= 4 is 11.8 Å². The summed E-state index contributed by atoms with van der Waals surface area (Å²) in [6.45, 7) is 0.845. The van der Waals surface area contributed by atoms with Crippen molar-refractivity contribution in [2.24, 2.45) is 0 Å². The summed E-state index contributed by atoms with van der Waals surface area (Å²) in [5.74, 6) is 2.03. The van der Waals surface area contributed by atoms with Crippen LogP contribution < -0.4 is 15.4 Å². The van der Waals surface area contributed by atoms with E-state index in [9.17, 15) is 0 Å². The van der Waals surface area contributed by atoms with E-state index >= 15 is 0 Å². The minimum Gasteiger partial charge on any atom is -0.497 e. The maximum absolute atomic E-state index is 6.02. The molecule has 1 aliphatic rings. The lowest BCUT2D eigenvalue weighted by Gasteiger charge is -2.23. The lowest BCUT2D eigenvalue weighted by Crippen LogP contribution is -2.26. The van der Waals surface area contributed by atoms with Crippen LogP contribution in [0.3, 0.4) is 0 Å². The third-order valence-corrected chi connectivity index (χ3v) is 3.28. The number of hydrogen-bond acceptors (Lipinski definition) is 5. The predicted octanol–water partition coefficient (Wildman–Crippen LogP) is 1.99. The molecule has 0 saturated carbocycles. The second-order valence-corrected chi connectivity index (χ2v) is 4.64. The van der Waals surface area contributed by atoms with E-state index in [-0.39, 0.29) is 0 Å². The number of rotatable bonds is 4. The Hall–Kier alpha value is -2.56. The molecule has 3 rings (SSSR count). The van der Waals surface area contributed by atoms with Crippen LogP contribution in [0.25, 0.3) is 0 Å². The quantitative estimate of drug-likeness (QED) is 0.918. The molecule has 0 fully saturated rings. The zero-order chi connectivity index (χ0) is 13.9. The first-order valence-corrected chi connectivity index (χ1v) is 6.44. The molecule has 2 heterocycles. The van der Waals surface area contributed by atoms with Crippen molar-refractivity contribution in [1.29, 1.82) is 0 Å². The third-order valence-electron chi connectivity index (χ3n) is 3.28. The molecule has 20 heavy (non-hydrogen) atoms. The van der Waals surface area contributed by atoms with Crippen molar-refractivity contribution in [3.63, 3.8) is 0 Å². The summed E-state index contributed by atoms with van der Waals surface area (Å²) in [7, 11) is 1.66. The van der Waals surface area contributed by atoms with Crippen molar-refractivity contribution in [2.75, 3.05) is 24.3 Å². The van der Waals surface area contributed by atoms with Gasteiger partial charge in [-0.2, -0.15) is 4.98 Å². The maximum atomic E-state index is 6.02. The van der Waals surface area contributed by atoms with Gasteiger partial charge in [0.25, 0.3) is 0 Å². The molecule has 1 aromatic carbocycles. The number of methoxy groups -OCH3 is 1. The van der Waals surface area contributed by atoms with Gasteiger partial charge in [0.1, 0.15) is 11.6 Å². The zero-order valence-electron chi connectivity index (χ0n) is 11.3. The molecular weight excluding hydrogens is 252 g/mol. The molecule has 5 heteroatoms. The van der Waals surface area contributed by atoms with Crippen molar-refractivity contribution in [1.82, 2.24) is 9.97 Å². The SMILES string of the molecule is COc1ccc(Cc2cnc(N3C=CC3)nc2N)cc1. The number of anilines is 2. The largest absolute Gasteiger partial charge is 0.497 e. The van der Waals surface area contributed by atoms with E-state index in [1.807, 2.05) is 41.4 Å². The first kappa shape index (κ1) is 12.5. The molecule has 0 saturated heterocycles. The Balaban J connectivity index is 1.77. The maximum Gasteiger partial charge on any atom is 0.231 e. The minimum absolute atomic E-state index is 0.533. The van der Waals surface area contributed by atoms with Crippen LogP contribution in [0.2, 0.25) is 0 Å². The fourth-order valence-corrected chi connectivity index (χ4v) is 2.01. The number of nitrogens with two attached hydrogens (primary N) is 1. The van der Waals surface area contributed by atoms with Crippen LogP contribution in [-0.4, -0.2) is 23.6 Å². The van der Waals surface area contributed by atoms with E-state index in [4.69, 9.17) is 10.5 Å². The van der Waals surface area contributed by atoms with E-state index in [1.165, 1.54) is 0 Å². The lowest BCUT2D eigenvalue weighted by molar-refractivity contribution is 0.414. The van der Waals surface area contributed by atoms with E-state index in [0.29, 0.717) is 18.2 Å². The van der Waals surface area contributed by atoms with Crippen molar-refractivity contribution < 1.29 is 4.74 Å². The van der Waals surface area contributed by atoms with Crippen LogP contribution in [0.5, 0.6) is 5.75 Å². The van der Waals surface area contributed by atoms with Crippen LogP contribution >= 0.6 is 0 Å². The fourth-order valence-electron chi connectivity index (χ4n) is 2.01. The molecule has 2 N–H and O–H groups in total. The smallest absolute Gasteiger partial charge is 0.231 e. The molecule has 0 spiro atoms. The molecule has 0 atom stereocenters. The molecule has 0 unspecified atom stereocenters. The highest BCUT2D eigenvalue weighted by Gasteiger charge is 2.12. The number of aromatic nitrogens is 2. The summed E-state index contributed by atoms with van der Waals surface area (Å²) in [6, 6.07) is 7.91. The van der Waals surface area contributed by atoms with Crippen LogP contribution in [0.4, 0.5) is 11.8 Å². The summed E-state index contributed by atoms with van der Waals surface area (Å²) in [4.78, 5) is 10.6. The Labute approximate surface area is 117 Å². The van der Waals surface area contributed by atoms with E-state index < -0.39 is 0 Å². The Bertz CT molecular complexity index is 637. The minimum atomic E-state index is 0.533. The summed E-state index contributed by atoms with van der Waals surface area (Å²) >= 11 is 0. The molecule has 0 bridgehead atoms. The molecule has 0 aliphatic carbocycles. The molecule has 5 nitrogen and oxygen atoms in total. The topological polar surface area (TPSA) is 64.3 Å². The van der Waals surface area contributed by atoms with Gasteiger partial charge in [0.15, 0.2) is 0 Å². The van der Waals surface area contributed by atoms with Gasteiger partial charge in [-0.15, -0.1) is 0 Å². The van der Waals surface area contributed by atoms with Gasteiger partial charge < -0.3 is 15.4 Å². The van der Waals surface area contributed by atoms with Gasteiger partial charge in [-0.25, -0.2) is 4.98 Å². The van der Waals surface area contributed by atoms with Crippen molar-refractivity contribution in [3.05, 3.63) is 53.9 Å². The normalized spacial score (nSPS) is 13.2. The second kappa shape index (κ2) is 5.21. The molecule has 2 aromatic rings. The monoisotopic (exact) mass is 268 g/mol. The standard InChI is InChI=1S/C15H16N4O/c1-20-13-5-3-11(4-6-13)9-12-10-17-15(18-14(12)16)19-7-2-8-19/h2-7,10H,8-9H2,1H3,(H2,16,17,18). The molecule has 102 valence electrons. The van der Waals surface area contributed by atoms with Gasteiger partial charge in [0.2, 0.25) is 5.95 Å². The van der Waals surface area contributed by atoms with Crippen LogP contribution in [0, 0.1) is 0 Å². The predicted molar refractivity (Wildman–Crippen MR) is 78.7 cm³/mol. The van der Waals surface area contributed by atoms with E-state index in [1.54, 1.807) is 13.3 Å². The van der Waals surface area contributed by atoms with Gasteiger partial charge >= 0.3 is 0 Å². The highest BCUT2D eigenvalue weighted by Crippen LogP contribution is 2.20. The number of nitrogen functional groups attached to an aromatic ring is 1. The number of nitrogens with zero attached hydrogens (tertiary/aromatic N) is 3. The third kappa shape index (κ3) is 2.42. The second-order valence-electron chi connectivity index (χ2n) is 4.64. The van der Waals surface area contributed by atoms with Crippen molar-refractivity contribution in [2.45, 2.75) is 6.42 Å². The first-order valence-electron chi connectivity index (χ1n) is 6.44. The number of hydrogen-bond donors (Lipinski definition) is 1. The fraction of sp³-hybridized carbons (Fsp3) is 0.200. The number of ether oxygens (including phenoxy) is 1. The molecule has 1 aromatic heterocycles. The Kier molecular flexibility index (Phi) is 3.25. The Morgan fingerprint density at radius 1 is 1.30 bits per heavy atom. The van der Waals surface area contributed by atoms with Crippen molar-refractivity contribution in [3.8, 4) is 5.75 Å². The van der Waals surface area contributed by atoms with Gasteiger partial charge in [0, 0.05) is 30.9 Å². The van der Waals surface area contributed by atoms with Gasteiger partial charge in [0.05, 0.1) is 7.11 Å². The van der Waals surface area contributed by atoms with E-state index in [2.05, 4.69) is 9.97 Å². The molecule has 0 radical (unpaired) electrons. The van der Waals surface area contributed by atoms with E-state index in [0.717, 1.165) is 23.4 Å². The molecular formula is C15H16N4O. The first-order chi connectivity index (χ1) is 9.76.